The van der Waals surface area contributed by atoms with Crippen LogP contribution in [0.25, 0.3) is 0 Å². The molecule has 0 heterocycles. The third-order valence-corrected chi connectivity index (χ3v) is 1.07. The maximum atomic E-state index is 9.85. The standard InChI is InChI=1S/C4H7NO4.C3H7NO2.CO2/c5-2(4(8)9)1-3(6)7;4-2-1-3(5)6;2-1-3/h2H,1,5H2,(H,6,7)(H,8,9);1-2,4H2,(H,5,6);/t2-;;/m0../s1. The minimum atomic E-state index is -1.29. The fraction of sp³-hybridized carbons (Fsp3) is 0.500. The summed E-state index contributed by atoms with van der Waals surface area (Å²) in [5.74, 6) is -3.33. The Morgan fingerprint density at radius 3 is 1.50 bits per heavy atom. The van der Waals surface area contributed by atoms with Crippen molar-refractivity contribution in [1.29, 1.82) is 0 Å². The van der Waals surface area contributed by atoms with Crippen LogP contribution in [0, 0.1) is 0 Å². The molecule has 0 fully saturated rings. The van der Waals surface area contributed by atoms with E-state index in [0.29, 0.717) is 0 Å². The largest absolute Gasteiger partial charge is 0.481 e. The van der Waals surface area contributed by atoms with E-state index < -0.39 is 30.4 Å². The SMILES string of the molecule is NCCC(=O)O.N[C@@H](CC(=O)O)C(=O)O.O=C=O. The first-order chi connectivity index (χ1) is 8.22. The molecule has 1 atom stereocenters. The molecule has 0 aliphatic carbocycles. The zero-order chi connectivity index (χ0) is 15.1. The molecular formula is C8H14N2O8. The van der Waals surface area contributed by atoms with Crippen LogP contribution >= 0.6 is 0 Å². The lowest BCUT2D eigenvalue weighted by molar-refractivity contribution is -0.191. The van der Waals surface area contributed by atoms with Crippen LogP contribution in [-0.2, 0) is 24.0 Å². The number of aliphatic carboxylic acids is 3. The molecule has 0 unspecified atom stereocenters. The lowest BCUT2D eigenvalue weighted by Gasteiger charge is -1.99. The predicted octanol–water partition coefficient (Wildman–Crippen LogP) is -2.29. The van der Waals surface area contributed by atoms with Crippen molar-refractivity contribution in [1.82, 2.24) is 0 Å². The predicted molar refractivity (Wildman–Crippen MR) is 54.2 cm³/mol. The lowest BCUT2D eigenvalue weighted by atomic mass is 10.2. The Balaban J connectivity index is -0.000000216. The smallest absolute Gasteiger partial charge is 0.373 e. The minimum Gasteiger partial charge on any atom is -0.481 e. The van der Waals surface area contributed by atoms with Gasteiger partial charge in [0.05, 0.1) is 12.8 Å². The van der Waals surface area contributed by atoms with Gasteiger partial charge in [0.15, 0.2) is 0 Å². The van der Waals surface area contributed by atoms with Crippen LogP contribution in [0.5, 0.6) is 0 Å². The summed E-state index contributed by atoms with van der Waals surface area (Å²) in [5.41, 5.74) is 9.69. The molecule has 7 N–H and O–H groups in total. The van der Waals surface area contributed by atoms with E-state index in [1.165, 1.54) is 0 Å². The number of nitrogens with two attached hydrogens (primary N) is 2. The Bertz CT molecular complexity index is 297. The monoisotopic (exact) mass is 266 g/mol. The van der Waals surface area contributed by atoms with Crippen LogP contribution in [0.1, 0.15) is 12.8 Å². The van der Waals surface area contributed by atoms with E-state index in [4.69, 9.17) is 36.4 Å². The second-order valence-electron chi connectivity index (χ2n) is 2.56. The van der Waals surface area contributed by atoms with E-state index in [1.54, 1.807) is 0 Å². The number of carbonyl (C=O) groups is 3. The van der Waals surface area contributed by atoms with Crippen LogP contribution in [0.3, 0.4) is 0 Å². The molecule has 18 heavy (non-hydrogen) atoms. The average Bonchev–Trinajstić information content (AvgIpc) is 2.18. The van der Waals surface area contributed by atoms with Gasteiger partial charge >= 0.3 is 24.1 Å². The Kier molecular flexibility index (Phi) is 17.2. The average molecular weight is 266 g/mol. The molecule has 0 aliphatic heterocycles. The quantitative estimate of drug-likeness (QED) is 0.360. The van der Waals surface area contributed by atoms with Crippen molar-refractivity contribution >= 4 is 24.1 Å². The summed E-state index contributed by atoms with van der Waals surface area (Å²) in [6, 6.07) is -1.29. The molecule has 0 saturated heterocycles. The van der Waals surface area contributed by atoms with Gasteiger partial charge in [-0.15, -0.1) is 0 Å². The molecule has 0 aromatic carbocycles. The normalized spacial score (nSPS) is 9.44. The van der Waals surface area contributed by atoms with Crippen LogP contribution < -0.4 is 11.5 Å². The Morgan fingerprint density at radius 1 is 1.06 bits per heavy atom. The summed E-state index contributed by atoms with van der Waals surface area (Å²) in [5, 5.41) is 23.9. The second kappa shape index (κ2) is 14.7. The molecule has 0 aromatic heterocycles. The first-order valence-electron chi connectivity index (χ1n) is 4.34. The number of rotatable bonds is 5. The Labute approximate surface area is 101 Å². The molecule has 0 rings (SSSR count). The summed E-state index contributed by atoms with van der Waals surface area (Å²) >= 11 is 0. The Hall–Kier alpha value is -2.29. The van der Waals surface area contributed by atoms with E-state index >= 15 is 0 Å². The highest BCUT2D eigenvalue weighted by atomic mass is 16.4. The van der Waals surface area contributed by atoms with Gasteiger partial charge in [0.25, 0.3) is 0 Å². The molecule has 10 nitrogen and oxygen atoms in total. The molecule has 0 saturated carbocycles. The highest BCUT2D eigenvalue weighted by molar-refractivity contribution is 5.80. The van der Waals surface area contributed by atoms with E-state index in [-0.39, 0.29) is 19.1 Å². The number of carbonyl (C=O) groups excluding carboxylic acids is 2. The zero-order valence-corrected chi connectivity index (χ0v) is 9.24. The van der Waals surface area contributed by atoms with Gasteiger partial charge in [-0.1, -0.05) is 0 Å². The number of hydrogen-bond acceptors (Lipinski definition) is 7. The summed E-state index contributed by atoms with van der Waals surface area (Å²) in [7, 11) is 0. The van der Waals surface area contributed by atoms with Gasteiger partial charge in [0, 0.05) is 6.54 Å². The number of carboxylic acids is 3. The van der Waals surface area contributed by atoms with Crippen molar-refractivity contribution in [2.75, 3.05) is 6.54 Å². The van der Waals surface area contributed by atoms with Gasteiger partial charge in [-0.05, 0) is 0 Å². The molecular weight excluding hydrogens is 252 g/mol. The lowest BCUT2D eigenvalue weighted by Crippen LogP contribution is -2.32. The maximum Gasteiger partial charge on any atom is 0.373 e. The van der Waals surface area contributed by atoms with Crippen LogP contribution in [0.15, 0.2) is 0 Å². The fourth-order valence-corrected chi connectivity index (χ4v) is 0.399. The molecule has 10 heteroatoms. The van der Waals surface area contributed by atoms with Crippen LogP contribution in [-0.4, -0.2) is 52.0 Å². The van der Waals surface area contributed by atoms with Crippen LogP contribution in [0.2, 0.25) is 0 Å². The summed E-state index contributed by atoms with van der Waals surface area (Å²) < 4.78 is 0. The van der Waals surface area contributed by atoms with Gasteiger partial charge in [-0.2, -0.15) is 9.59 Å². The van der Waals surface area contributed by atoms with Gasteiger partial charge < -0.3 is 26.8 Å². The molecule has 0 spiro atoms. The van der Waals surface area contributed by atoms with Crippen molar-refractivity contribution in [3.63, 3.8) is 0 Å². The molecule has 0 amide bonds. The maximum absolute atomic E-state index is 9.85. The summed E-state index contributed by atoms with van der Waals surface area (Å²) in [6.45, 7) is 0.231. The minimum absolute atomic E-state index is 0.0694. The molecule has 0 radical (unpaired) electrons. The van der Waals surface area contributed by atoms with Crippen molar-refractivity contribution in [3.05, 3.63) is 0 Å². The highest BCUT2D eigenvalue weighted by Crippen LogP contribution is 1.86. The fourth-order valence-electron chi connectivity index (χ4n) is 0.399. The van der Waals surface area contributed by atoms with Crippen molar-refractivity contribution in [2.24, 2.45) is 11.5 Å². The first-order valence-corrected chi connectivity index (χ1v) is 4.34. The highest BCUT2D eigenvalue weighted by Gasteiger charge is 2.14. The van der Waals surface area contributed by atoms with Crippen LogP contribution in [0.4, 0.5) is 0 Å². The van der Waals surface area contributed by atoms with E-state index in [2.05, 4.69) is 0 Å². The van der Waals surface area contributed by atoms with Crippen molar-refractivity contribution in [2.45, 2.75) is 18.9 Å². The topological polar surface area (TPSA) is 198 Å². The van der Waals surface area contributed by atoms with Gasteiger partial charge in [0.2, 0.25) is 0 Å². The van der Waals surface area contributed by atoms with Crippen molar-refractivity contribution in [3.8, 4) is 0 Å². The number of hydrogen-bond donors (Lipinski definition) is 5. The molecule has 0 aromatic rings. The molecule has 0 bridgehead atoms. The summed E-state index contributed by atoms with van der Waals surface area (Å²) in [4.78, 5) is 45.4. The second-order valence-corrected chi connectivity index (χ2v) is 2.56. The van der Waals surface area contributed by atoms with Crippen molar-refractivity contribution < 1.29 is 39.3 Å². The van der Waals surface area contributed by atoms with E-state index in [0.717, 1.165) is 0 Å². The first kappa shape index (κ1) is 21.0. The summed E-state index contributed by atoms with van der Waals surface area (Å²) in [6.07, 6.45) is -0.213. The van der Waals surface area contributed by atoms with Gasteiger partial charge in [-0.25, -0.2) is 0 Å². The third kappa shape index (κ3) is 29.2. The van der Waals surface area contributed by atoms with E-state index in [1.807, 2.05) is 0 Å². The molecule has 104 valence electrons. The number of carboxylic acid groups (broad SMARTS) is 3. The zero-order valence-electron chi connectivity index (χ0n) is 9.24. The van der Waals surface area contributed by atoms with Gasteiger partial charge in [0.1, 0.15) is 6.04 Å². The molecule has 0 aliphatic rings. The van der Waals surface area contributed by atoms with E-state index in [9.17, 15) is 14.4 Å². The van der Waals surface area contributed by atoms with Gasteiger partial charge in [-0.3, -0.25) is 14.4 Å². The third-order valence-electron chi connectivity index (χ3n) is 1.07. The Morgan fingerprint density at radius 2 is 1.44 bits per heavy atom.